The second kappa shape index (κ2) is 6.02. The molecule has 0 radical (unpaired) electrons. The molecule has 1 fully saturated rings. The average molecular weight is 256 g/mol. The molecule has 1 heterocycles. The minimum Gasteiger partial charge on any atom is -0.385 e. The molecule has 0 saturated carbocycles. The van der Waals surface area contributed by atoms with Crippen molar-refractivity contribution in [3.05, 3.63) is 0 Å². The lowest BCUT2D eigenvalue weighted by atomic mass is 9.99. The molecule has 0 aromatic carbocycles. The zero-order valence-corrected chi connectivity index (χ0v) is 12.6. The Kier molecular flexibility index (Phi) is 5.17. The number of hydrogen-bond acceptors (Lipinski definition) is 3. The Morgan fingerprint density at radius 3 is 2.50 bits per heavy atom. The number of rotatable bonds is 6. The predicted molar refractivity (Wildman–Crippen MR) is 73.3 cm³/mol. The summed E-state index contributed by atoms with van der Waals surface area (Å²) in [6.45, 7) is 11.2. The molecule has 4 nitrogen and oxygen atoms in total. The van der Waals surface area contributed by atoms with Crippen LogP contribution in [0.2, 0.25) is 0 Å². The van der Waals surface area contributed by atoms with Crippen LogP contribution in [0.15, 0.2) is 0 Å². The van der Waals surface area contributed by atoms with Gasteiger partial charge in [-0.15, -0.1) is 0 Å². The third-order valence-corrected chi connectivity index (χ3v) is 4.03. The van der Waals surface area contributed by atoms with Gasteiger partial charge in [0, 0.05) is 19.8 Å². The van der Waals surface area contributed by atoms with Crippen LogP contribution in [0.1, 0.15) is 47.5 Å². The molecule has 0 bridgehead atoms. The highest BCUT2D eigenvalue weighted by molar-refractivity contribution is 5.88. The second-order valence-corrected chi connectivity index (χ2v) is 5.86. The zero-order valence-electron chi connectivity index (χ0n) is 12.6. The molecule has 0 aromatic rings. The maximum Gasteiger partial charge on any atom is 0.244 e. The Morgan fingerprint density at radius 2 is 2.06 bits per heavy atom. The molecule has 18 heavy (non-hydrogen) atoms. The summed E-state index contributed by atoms with van der Waals surface area (Å²) in [4.78, 5) is 14.6. The average Bonchev–Trinajstić information content (AvgIpc) is 2.60. The van der Waals surface area contributed by atoms with Gasteiger partial charge < -0.3 is 9.64 Å². The summed E-state index contributed by atoms with van der Waals surface area (Å²) in [6, 6.07) is 0.214. The lowest BCUT2D eigenvalue weighted by molar-refractivity contribution is -0.135. The number of nitrogens with zero attached hydrogens (tertiary/aromatic N) is 1. The minimum atomic E-state index is -0.406. The van der Waals surface area contributed by atoms with Crippen LogP contribution in [0.5, 0.6) is 0 Å². The van der Waals surface area contributed by atoms with Crippen molar-refractivity contribution in [1.29, 1.82) is 0 Å². The molecule has 1 rings (SSSR count). The Bertz CT molecular complexity index is 294. The molecule has 3 atom stereocenters. The molecular weight excluding hydrogens is 228 g/mol. The Morgan fingerprint density at radius 1 is 1.44 bits per heavy atom. The number of amides is 1. The first-order valence-electron chi connectivity index (χ1n) is 6.96. The van der Waals surface area contributed by atoms with Gasteiger partial charge in [-0.05, 0) is 32.6 Å². The highest BCUT2D eigenvalue weighted by atomic mass is 16.5. The van der Waals surface area contributed by atoms with E-state index in [1.54, 1.807) is 7.11 Å². The molecule has 1 N–H and O–H groups in total. The normalized spacial score (nSPS) is 30.3. The quantitative estimate of drug-likeness (QED) is 0.790. The van der Waals surface area contributed by atoms with Crippen molar-refractivity contribution in [2.75, 3.05) is 13.7 Å². The van der Waals surface area contributed by atoms with Crippen LogP contribution in [0.4, 0.5) is 0 Å². The number of carbonyl (C=O) groups is 1. The van der Waals surface area contributed by atoms with E-state index in [0.717, 1.165) is 12.8 Å². The van der Waals surface area contributed by atoms with Gasteiger partial charge in [0.15, 0.2) is 0 Å². The third-order valence-electron chi connectivity index (χ3n) is 4.03. The van der Waals surface area contributed by atoms with Crippen LogP contribution in [0.25, 0.3) is 0 Å². The van der Waals surface area contributed by atoms with Crippen LogP contribution >= 0.6 is 0 Å². The second-order valence-electron chi connectivity index (χ2n) is 5.86. The summed E-state index contributed by atoms with van der Waals surface area (Å²) in [5, 5.41) is 3.51. The first kappa shape index (κ1) is 15.4. The summed E-state index contributed by atoms with van der Waals surface area (Å²) >= 11 is 0. The molecule has 0 aliphatic carbocycles. The number of ether oxygens (including phenoxy) is 1. The number of carbonyl (C=O) groups excluding carboxylic acids is 1. The molecule has 3 unspecified atom stereocenters. The van der Waals surface area contributed by atoms with Gasteiger partial charge in [-0.1, -0.05) is 20.8 Å². The van der Waals surface area contributed by atoms with Crippen LogP contribution < -0.4 is 5.32 Å². The van der Waals surface area contributed by atoms with Crippen molar-refractivity contribution in [3.8, 4) is 0 Å². The fourth-order valence-corrected chi connectivity index (χ4v) is 2.51. The van der Waals surface area contributed by atoms with E-state index in [4.69, 9.17) is 4.74 Å². The fourth-order valence-electron chi connectivity index (χ4n) is 2.51. The highest BCUT2D eigenvalue weighted by Crippen LogP contribution is 2.29. The van der Waals surface area contributed by atoms with Crippen molar-refractivity contribution < 1.29 is 9.53 Å². The smallest absolute Gasteiger partial charge is 0.244 e. The van der Waals surface area contributed by atoms with Gasteiger partial charge in [0.1, 0.15) is 0 Å². The van der Waals surface area contributed by atoms with Gasteiger partial charge >= 0.3 is 0 Å². The van der Waals surface area contributed by atoms with E-state index in [1.807, 2.05) is 11.8 Å². The molecule has 1 amide bonds. The van der Waals surface area contributed by atoms with Crippen LogP contribution in [0.3, 0.4) is 0 Å². The van der Waals surface area contributed by atoms with Gasteiger partial charge in [-0.3, -0.25) is 10.1 Å². The number of hydrogen-bond donors (Lipinski definition) is 1. The minimum absolute atomic E-state index is 0.134. The summed E-state index contributed by atoms with van der Waals surface area (Å²) in [7, 11) is 1.70. The van der Waals surface area contributed by atoms with Gasteiger partial charge in [0.05, 0.1) is 11.7 Å². The van der Waals surface area contributed by atoms with E-state index >= 15 is 0 Å². The maximum atomic E-state index is 12.6. The highest BCUT2D eigenvalue weighted by Gasteiger charge is 2.48. The van der Waals surface area contributed by atoms with Crippen LogP contribution in [0, 0.1) is 5.92 Å². The molecule has 0 aromatic heterocycles. The van der Waals surface area contributed by atoms with Crippen molar-refractivity contribution in [1.82, 2.24) is 10.2 Å². The molecule has 1 aliphatic rings. The van der Waals surface area contributed by atoms with E-state index in [-0.39, 0.29) is 18.1 Å². The van der Waals surface area contributed by atoms with Crippen LogP contribution in [-0.4, -0.2) is 42.3 Å². The Labute approximate surface area is 111 Å². The van der Waals surface area contributed by atoms with E-state index in [2.05, 4.69) is 33.0 Å². The third kappa shape index (κ3) is 2.86. The standard InChI is InChI=1S/C14H28N2O2/c1-7-14(5)13(17)16(11(4)8-9-18-6)12(15-14)10(2)3/h10-12,15H,7-9H2,1-6H3. The molecule has 1 aliphatic heterocycles. The first-order valence-corrected chi connectivity index (χ1v) is 6.96. The fraction of sp³-hybridized carbons (Fsp3) is 0.929. The molecule has 0 spiro atoms. The van der Waals surface area contributed by atoms with E-state index in [1.165, 1.54) is 0 Å². The first-order chi connectivity index (χ1) is 8.37. The maximum absolute atomic E-state index is 12.6. The van der Waals surface area contributed by atoms with E-state index in [9.17, 15) is 4.79 Å². The lowest BCUT2D eigenvalue weighted by Crippen LogP contribution is -2.46. The number of nitrogens with one attached hydrogen (secondary N) is 1. The zero-order chi connectivity index (χ0) is 13.9. The Balaban J connectivity index is 2.87. The van der Waals surface area contributed by atoms with E-state index < -0.39 is 5.54 Å². The summed E-state index contributed by atoms with van der Waals surface area (Å²) in [5.41, 5.74) is -0.406. The van der Waals surface area contributed by atoms with Crippen molar-refractivity contribution in [3.63, 3.8) is 0 Å². The SMILES string of the molecule is CCC1(C)NC(C(C)C)N(C(C)CCOC)C1=O. The topological polar surface area (TPSA) is 41.6 Å². The Hall–Kier alpha value is -0.610. The number of methoxy groups -OCH3 is 1. The van der Waals surface area contributed by atoms with Gasteiger partial charge in [0.25, 0.3) is 0 Å². The predicted octanol–water partition coefficient (Wildman–Crippen LogP) is 1.99. The van der Waals surface area contributed by atoms with E-state index in [0.29, 0.717) is 12.5 Å². The van der Waals surface area contributed by atoms with Gasteiger partial charge in [-0.2, -0.15) is 0 Å². The summed E-state index contributed by atoms with van der Waals surface area (Å²) in [5.74, 6) is 0.639. The van der Waals surface area contributed by atoms with Crippen molar-refractivity contribution >= 4 is 5.91 Å². The van der Waals surface area contributed by atoms with Crippen LogP contribution in [-0.2, 0) is 9.53 Å². The van der Waals surface area contributed by atoms with Gasteiger partial charge in [0.2, 0.25) is 5.91 Å². The molecule has 106 valence electrons. The molecule has 4 heteroatoms. The van der Waals surface area contributed by atoms with Crippen molar-refractivity contribution in [2.24, 2.45) is 5.92 Å². The van der Waals surface area contributed by atoms with Gasteiger partial charge in [-0.25, -0.2) is 0 Å². The molecular formula is C14H28N2O2. The van der Waals surface area contributed by atoms with Crippen molar-refractivity contribution in [2.45, 2.75) is 65.2 Å². The molecule has 1 saturated heterocycles. The lowest BCUT2D eigenvalue weighted by Gasteiger charge is -2.32. The largest absolute Gasteiger partial charge is 0.385 e. The summed E-state index contributed by atoms with van der Waals surface area (Å²) < 4.78 is 5.12. The monoisotopic (exact) mass is 256 g/mol. The summed E-state index contributed by atoms with van der Waals surface area (Å²) in [6.07, 6.45) is 1.84.